The van der Waals surface area contributed by atoms with Gasteiger partial charge in [0.15, 0.2) is 5.82 Å². The van der Waals surface area contributed by atoms with Gasteiger partial charge >= 0.3 is 0 Å². The minimum Gasteiger partial charge on any atom is -0.360 e. The molecule has 0 radical (unpaired) electrons. The van der Waals surface area contributed by atoms with E-state index in [1.165, 1.54) is 0 Å². The van der Waals surface area contributed by atoms with Crippen molar-refractivity contribution in [1.29, 1.82) is 0 Å². The van der Waals surface area contributed by atoms with Crippen molar-refractivity contribution in [3.8, 4) is 0 Å². The van der Waals surface area contributed by atoms with Crippen LogP contribution < -0.4 is 16.0 Å². The first-order chi connectivity index (χ1) is 7.65. The summed E-state index contributed by atoms with van der Waals surface area (Å²) >= 11 is 0. The van der Waals surface area contributed by atoms with Gasteiger partial charge in [-0.1, -0.05) is 5.16 Å². The number of aromatic nitrogens is 1. The molecule has 7 nitrogen and oxygen atoms in total. The smallest absolute Gasteiger partial charge is 0.244 e. The van der Waals surface area contributed by atoms with Gasteiger partial charge in [0, 0.05) is 12.6 Å². The van der Waals surface area contributed by atoms with Gasteiger partial charge in [0.05, 0.1) is 6.54 Å². The molecule has 0 aromatic carbocycles. The normalized spacial score (nSPS) is 20.3. The predicted molar refractivity (Wildman–Crippen MR) is 54.7 cm³/mol. The molecule has 0 saturated carbocycles. The third-order valence-corrected chi connectivity index (χ3v) is 2.21. The molecule has 2 rings (SSSR count). The Hall–Kier alpha value is -1.89. The van der Waals surface area contributed by atoms with Gasteiger partial charge in [0.25, 0.3) is 0 Å². The third kappa shape index (κ3) is 2.37. The van der Waals surface area contributed by atoms with E-state index in [4.69, 9.17) is 4.52 Å². The monoisotopic (exact) mass is 224 g/mol. The summed E-state index contributed by atoms with van der Waals surface area (Å²) in [6.45, 7) is 2.17. The van der Waals surface area contributed by atoms with Crippen LogP contribution in [0.3, 0.4) is 0 Å². The number of amides is 2. The Morgan fingerprint density at radius 2 is 2.50 bits per heavy atom. The number of rotatable bonds is 2. The van der Waals surface area contributed by atoms with E-state index in [1.807, 2.05) is 0 Å². The highest BCUT2D eigenvalue weighted by molar-refractivity contribution is 5.95. The molecule has 1 aromatic rings. The van der Waals surface area contributed by atoms with Gasteiger partial charge in [0.2, 0.25) is 11.8 Å². The van der Waals surface area contributed by atoms with E-state index in [1.54, 1.807) is 13.0 Å². The first-order valence-corrected chi connectivity index (χ1v) is 4.89. The highest BCUT2D eigenvalue weighted by Crippen LogP contribution is 2.07. The Morgan fingerprint density at radius 3 is 3.06 bits per heavy atom. The van der Waals surface area contributed by atoms with E-state index < -0.39 is 6.04 Å². The van der Waals surface area contributed by atoms with Crippen molar-refractivity contribution in [1.82, 2.24) is 15.8 Å². The number of piperazine rings is 1. The lowest BCUT2D eigenvalue weighted by Gasteiger charge is -2.22. The molecule has 1 fully saturated rings. The average molecular weight is 224 g/mol. The van der Waals surface area contributed by atoms with Crippen LogP contribution in [-0.4, -0.2) is 36.1 Å². The molecule has 0 aliphatic carbocycles. The Balaban J connectivity index is 1.91. The molecule has 7 heteroatoms. The summed E-state index contributed by atoms with van der Waals surface area (Å²) < 4.78 is 4.81. The second-order valence-corrected chi connectivity index (χ2v) is 3.55. The number of nitrogens with zero attached hydrogens (tertiary/aromatic N) is 1. The van der Waals surface area contributed by atoms with Gasteiger partial charge in [-0.2, -0.15) is 0 Å². The summed E-state index contributed by atoms with van der Waals surface area (Å²) in [5.41, 5.74) is 0. The van der Waals surface area contributed by atoms with Gasteiger partial charge in [-0.05, 0) is 6.92 Å². The highest BCUT2D eigenvalue weighted by Gasteiger charge is 2.24. The maximum absolute atomic E-state index is 11.7. The quantitative estimate of drug-likeness (QED) is 0.599. The van der Waals surface area contributed by atoms with E-state index in [0.717, 1.165) is 0 Å². The standard InChI is InChI=1S/C9H12N4O3/c1-5-2-7(13-16-5)12-9(15)6-3-11-8(14)4-10-6/h2,6,10H,3-4H2,1H3,(H,11,14)(H,12,13,15). The maximum atomic E-state index is 11.7. The van der Waals surface area contributed by atoms with Crippen LogP contribution in [0.2, 0.25) is 0 Å². The number of nitrogens with one attached hydrogen (secondary N) is 3. The molecule has 3 N–H and O–H groups in total. The summed E-state index contributed by atoms with van der Waals surface area (Å²) in [6.07, 6.45) is 0. The van der Waals surface area contributed by atoms with Crippen molar-refractivity contribution in [3.63, 3.8) is 0 Å². The predicted octanol–water partition coefficient (Wildman–Crippen LogP) is -0.990. The zero-order valence-electron chi connectivity index (χ0n) is 8.74. The van der Waals surface area contributed by atoms with Crippen LogP contribution in [0.4, 0.5) is 5.82 Å². The molecule has 0 bridgehead atoms. The van der Waals surface area contributed by atoms with Crippen LogP contribution in [-0.2, 0) is 9.59 Å². The third-order valence-electron chi connectivity index (χ3n) is 2.21. The van der Waals surface area contributed by atoms with Crippen LogP contribution >= 0.6 is 0 Å². The van der Waals surface area contributed by atoms with Gasteiger partial charge in [-0.25, -0.2) is 0 Å². The minimum atomic E-state index is -0.435. The molecule has 1 saturated heterocycles. The fourth-order valence-electron chi connectivity index (χ4n) is 1.39. The Morgan fingerprint density at radius 1 is 1.69 bits per heavy atom. The van der Waals surface area contributed by atoms with E-state index >= 15 is 0 Å². The Bertz CT molecular complexity index is 405. The molecule has 1 aromatic heterocycles. The summed E-state index contributed by atoms with van der Waals surface area (Å²) in [7, 11) is 0. The fourth-order valence-corrected chi connectivity index (χ4v) is 1.39. The van der Waals surface area contributed by atoms with E-state index in [9.17, 15) is 9.59 Å². The summed E-state index contributed by atoms with van der Waals surface area (Å²) in [5, 5.41) is 11.6. The van der Waals surface area contributed by atoms with Gasteiger partial charge in [0.1, 0.15) is 11.8 Å². The number of carbonyl (C=O) groups excluding carboxylic acids is 2. The van der Waals surface area contributed by atoms with E-state index in [-0.39, 0.29) is 24.9 Å². The zero-order chi connectivity index (χ0) is 11.5. The topological polar surface area (TPSA) is 96.3 Å². The van der Waals surface area contributed by atoms with Gasteiger partial charge < -0.3 is 15.2 Å². The Labute approximate surface area is 91.6 Å². The van der Waals surface area contributed by atoms with Crippen molar-refractivity contribution in [2.75, 3.05) is 18.4 Å². The van der Waals surface area contributed by atoms with Crippen LogP contribution in [0.1, 0.15) is 5.76 Å². The molecule has 1 aliphatic heterocycles. The lowest BCUT2D eigenvalue weighted by Crippen LogP contribution is -2.56. The van der Waals surface area contributed by atoms with Crippen molar-refractivity contribution in [3.05, 3.63) is 11.8 Å². The van der Waals surface area contributed by atoms with Crippen molar-refractivity contribution in [2.24, 2.45) is 0 Å². The van der Waals surface area contributed by atoms with Crippen LogP contribution in [0.25, 0.3) is 0 Å². The lowest BCUT2D eigenvalue weighted by molar-refractivity contribution is -0.124. The molecular formula is C9H12N4O3. The average Bonchev–Trinajstić information content (AvgIpc) is 2.65. The first kappa shape index (κ1) is 10.6. The lowest BCUT2D eigenvalue weighted by atomic mass is 10.2. The Kier molecular flexibility index (Phi) is 2.86. The highest BCUT2D eigenvalue weighted by atomic mass is 16.5. The van der Waals surface area contributed by atoms with E-state index in [2.05, 4.69) is 21.1 Å². The second-order valence-electron chi connectivity index (χ2n) is 3.55. The molecule has 1 aliphatic rings. The molecule has 1 unspecified atom stereocenters. The van der Waals surface area contributed by atoms with Crippen molar-refractivity contribution in [2.45, 2.75) is 13.0 Å². The summed E-state index contributed by atoms with van der Waals surface area (Å²) in [5.74, 6) is 0.649. The molecular weight excluding hydrogens is 212 g/mol. The maximum Gasteiger partial charge on any atom is 0.244 e. The largest absolute Gasteiger partial charge is 0.360 e. The zero-order valence-corrected chi connectivity index (χ0v) is 8.74. The number of aryl methyl sites for hydroxylation is 1. The first-order valence-electron chi connectivity index (χ1n) is 4.89. The SMILES string of the molecule is Cc1cc(NC(=O)C2CNC(=O)CN2)no1. The summed E-state index contributed by atoms with van der Waals surface area (Å²) in [4.78, 5) is 22.5. The van der Waals surface area contributed by atoms with Gasteiger partial charge in [-0.15, -0.1) is 0 Å². The molecule has 1 atom stereocenters. The second kappa shape index (κ2) is 4.31. The van der Waals surface area contributed by atoms with Gasteiger partial charge in [-0.3, -0.25) is 14.9 Å². The van der Waals surface area contributed by atoms with Crippen LogP contribution in [0.15, 0.2) is 10.6 Å². The molecule has 16 heavy (non-hydrogen) atoms. The number of carbonyl (C=O) groups is 2. The van der Waals surface area contributed by atoms with Crippen molar-refractivity contribution >= 4 is 17.6 Å². The molecule has 0 spiro atoms. The fraction of sp³-hybridized carbons (Fsp3) is 0.444. The molecule has 2 heterocycles. The molecule has 86 valence electrons. The number of hydrogen-bond donors (Lipinski definition) is 3. The minimum absolute atomic E-state index is 0.110. The summed E-state index contributed by atoms with van der Waals surface area (Å²) in [6, 6.07) is 1.19. The number of anilines is 1. The number of hydrogen-bond acceptors (Lipinski definition) is 5. The van der Waals surface area contributed by atoms with Crippen LogP contribution in [0, 0.1) is 6.92 Å². The van der Waals surface area contributed by atoms with Crippen LogP contribution in [0.5, 0.6) is 0 Å². The van der Waals surface area contributed by atoms with E-state index in [0.29, 0.717) is 11.6 Å². The molecule has 2 amide bonds. The van der Waals surface area contributed by atoms with Crippen molar-refractivity contribution < 1.29 is 14.1 Å².